The van der Waals surface area contributed by atoms with Gasteiger partial charge >= 0.3 is 0 Å². The molecule has 0 bridgehead atoms. The van der Waals surface area contributed by atoms with Crippen LogP contribution in [0.5, 0.6) is 0 Å². The molecule has 3 nitrogen and oxygen atoms in total. The number of hydrogen-bond donors (Lipinski definition) is 2. The molecular weight excluding hydrogens is 200 g/mol. The summed E-state index contributed by atoms with van der Waals surface area (Å²) in [6.07, 6.45) is 6.40. The summed E-state index contributed by atoms with van der Waals surface area (Å²) in [7, 11) is 4.00. The molecule has 0 radical (unpaired) electrons. The molecule has 1 aliphatic rings. The van der Waals surface area contributed by atoms with Gasteiger partial charge in [-0.15, -0.1) is 0 Å². The third kappa shape index (κ3) is 4.81. The third-order valence-electron chi connectivity index (χ3n) is 3.63. The summed E-state index contributed by atoms with van der Waals surface area (Å²) < 4.78 is 0. The SMILES string of the molecule is CCC1CCCCC1NCC(O)CN(C)C. The van der Waals surface area contributed by atoms with Crippen LogP contribution in [0.4, 0.5) is 0 Å². The fourth-order valence-electron chi connectivity index (χ4n) is 2.74. The summed E-state index contributed by atoms with van der Waals surface area (Å²) in [5, 5.41) is 13.4. The maximum absolute atomic E-state index is 9.81. The average Bonchev–Trinajstić information content (AvgIpc) is 2.26. The normalized spacial score (nSPS) is 28.3. The van der Waals surface area contributed by atoms with Crippen LogP contribution < -0.4 is 5.32 Å². The van der Waals surface area contributed by atoms with E-state index in [0.717, 1.165) is 19.0 Å². The standard InChI is InChI=1S/C13H28N2O/c1-4-11-7-5-6-8-13(11)14-9-12(16)10-15(2)3/h11-14,16H,4-10H2,1-3H3. The van der Waals surface area contributed by atoms with E-state index in [1.807, 2.05) is 19.0 Å². The summed E-state index contributed by atoms with van der Waals surface area (Å²) in [5.41, 5.74) is 0. The van der Waals surface area contributed by atoms with Crippen LogP contribution >= 0.6 is 0 Å². The molecule has 1 fully saturated rings. The monoisotopic (exact) mass is 228 g/mol. The van der Waals surface area contributed by atoms with E-state index in [4.69, 9.17) is 0 Å². The lowest BCUT2D eigenvalue weighted by Gasteiger charge is -2.32. The van der Waals surface area contributed by atoms with Crippen molar-refractivity contribution in [3.8, 4) is 0 Å². The minimum atomic E-state index is -0.241. The maximum atomic E-state index is 9.81. The third-order valence-corrected chi connectivity index (χ3v) is 3.63. The van der Waals surface area contributed by atoms with Gasteiger partial charge in [-0.3, -0.25) is 0 Å². The predicted molar refractivity (Wildman–Crippen MR) is 68.6 cm³/mol. The molecule has 0 aromatic rings. The van der Waals surface area contributed by atoms with Crippen molar-refractivity contribution < 1.29 is 5.11 Å². The summed E-state index contributed by atoms with van der Waals surface area (Å²) in [6.45, 7) is 3.76. The van der Waals surface area contributed by atoms with E-state index in [1.165, 1.54) is 32.1 Å². The number of aliphatic hydroxyl groups is 1. The van der Waals surface area contributed by atoms with Gasteiger partial charge in [0.1, 0.15) is 0 Å². The molecule has 0 heterocycles. The van der Waals surface area contributed by atoms with E-state index < -0.39 is 0 Å². The molecule has 1 rings (SSSR count). The molecule has 0 saturated heterocycles. The highest BCUT2D eigenvalue weighted by atomic mass is 16.3. The Kier molecular flexibility index (Phi) is 6.32. The van der Waals surface area contributed by atoms with E-state index in [0.29, 0.717) is 6.04 Å². The van der Waals surface area contributed by atoms with Gasteiger partial charge in [-0.1, -0.05) is 26.2 Å². The van der Waals surface area contributed by atoms with Crippen molar-refractivity contribution in [2.75, 3.05) is 27.2 Å². The van der Waals surface area contributed by atoms with Crippen LogP contribution in [0.1, 0.15) is 39.0 Å². The van der Waals surface area contributed by atoms with Crippen LogP contribution in [0.15, 0.2) is 0 Å². The first kappa shape index (κ1) is 13.9. The lowest BCUT2D eigenvalue weighted by Crippen LogP contribution is -2.44. The zero-order valence-electron chi connectivity index (χ0n) is 11.1. The summed E-state index contributed by atoms with van der Waals surface area (Å²) >= 11 is 0. The Morgan fingerprint density at radius 1 is 1.31 bits per heavy atom. The van der Waals surface area contributed by atoms with E-state index >= 15 is 0 Å². The Morgan fingerprint density at radius 2 is 2.00 bits per heavy atom. The Bertz CT molecular complexity index is 185. The Morgan fingerprint density at radius 3 is 2.62 bits per heavy atom. The number of nitrogens with one attached hydrogen (secondary N) is 1. The highest BCUT2D eigenvalue weighted by Crippen LogP contribution is 2.26. The molecule has 3 heteroatoms. The lowest BCUT2D eigenvalue weighted by atomic mass is 9.83. The van der Waals surface area contributed by atoms with Crippen molar-refractivity contribution in [1.29, 1.82) is 0 Å². The Hall–Kier alpha value is -0.120. The van der Waals surface area contributed by atoms with Gasteiger partial charge in [0.15, 0.2) is 0 Å². The second-order valence-corrected chi connectivity index (χ2v) is 5.38. The summed E-state index contributed by atoms with van der Waals surface area (Å²) in [5.74, 6) is 0.820. The predicted octanol–water partition coefficient (Wildman–Crippen LogP) is 1.47. The molecule has 0 amide bonds. The molecule has 0 aromatic carbocycles. The Balaban J connectivity index is 2.24. The minimum Gasteiger partial charge on any atom is -0.390 e. The van der Waals surface area contributed by atoms with Crippen molar-refractivity contribution >= 4 is 0 Å². The molecule has 2 N–H and O–H groups in total. The molecule has 1 aliphatic carbocycles. The van der Waals surface area contributed by atoms with Gasteiger partial charge in [0.25, 0.3) is 0 Å². The largest absolute Gasteiger partial charge is 0.390 e. The molecule has 3 unspecified atom stereocenters. The zero-order chi connectivity index (χ0) is 12.0. The van der Waals surface area contributed by atoms with E-state index in [1.54, 1.807) is 0 Å². The molecule has 96 valence electrons. The van der Waals surface area contributed by atoms with Crippen molar-refractivity contribution in [2.24, 2.45) is 5.92 Å². The molecule has 16 heavy (non-hydrogen) atoms. The van der Waals surface area contributed by atoms with Gasteiger partial charge in [0.2, 0.25) is 0 Å². The van der Waals surface area contributed by atoms with Gasteiger partial charge < -0.3 is 15.3 Å². The van der Waals surface area contributed by atoms with Gasteiger partial charge in [-0.05, 0) is 32.9 Å². The van der Waals surface area contributed by atoms with Crippen LogP contribution in [-0.2, 0) is 0 Å². The van der Waals surface area contributed by atoms with Crippen molar-refractivity contribution in [1.82, 2.24) is 10.2 Å². The molecule has 3 atom stereocenters. The van der Waals surface area contributed by atoms with Crippen LogP contribution in [0.2, 0.25) is 0 Å². The van der Waals surface area contributed by atoms with Gasteiger partial charge in [-0.25, -0.2) is 0 Å². The molecule has 0 spiro atoms. The molecular formula is C13H28N2O. The number of rotatable bonds is 6. The number of hydrogen-bond acceptors (Lipinski definition) is 3. The first-order chi connectivity index (χ1) is 7.63. The first-order valence-electron chi connectivity index (χ1n) is 6.69. The van der Waals surface area contributed by atoms with Crippen LogP contribution in [-0.4, -0.2) is 49.3 Å². The second-order valence-electron chi connectivity index (χ2n) is 5.38. The topological polar surface area (TPSA) is 35.5 Å². The maximum Gasteiger partial charge on any atom is 0.0791 e. The zero-order valence-corrected chi connectivity index (χ0v) is 11.1. The molecule has 0 aliphatic heterocycles. The van der Waals surface area contributed by atoms with Gasteiger partial charge in [-0.2, -0.15) is 0 Å². The first-order valence-corrected chi connectivity index (χ1v) is 6.69. The van der Waals surface area contributed by atoms with Crippen molar-refractivity contribution in [3.63, 3.8) is 0 Å². The lowest BCUT2D eigenvalue weighted by molar-refractivity contribution is 0.122. The quantitative estimate of drug-likeness (QED) is 0.722. The second kappa shape index (κ2) is 7.25. The highest BCUT2D eigenvalue weighted by Gasteiger charge is 2.23. The average molecular weight is 228 g/mol. The number of likely N-dealkylation sites (N-methyl/N-ethyl adjacent to an activating group) is 1. The van der Waals surface area contributed by atoms with E-state index in [2.05, 4.69) is 12.2 Å². The summed E-state index contributed by atoms with van der Waals surface area (Å²) in [6, 6.07) is 0.635. The number of nitrogens with zero attached hydrogens (tertiary/aromatic N) is 1. The van der Waals surface area contributed by atoms with Crippen molar-refractivity contribution in [3.05, 3.63) is 0 Å². The Labute approximate surface area is 100 Å². The number of aliphatic hydroxyl groups excluding tert-OH is 1. The van der Waals surface area contributed by atoms with Gasteiger partial charge in [0.05, 0.1) is 6.10 Å². The van der Waals surface area contributed by atoms with Gasteiger partial charge in [0, 0.05) is 19.1 Å². The van der Waals surface area contributed by atoms with Crippen molar-refractivity contribution in [2.45, 2.75) is 51.2 Å². The van der Waals surface area contributed by atoms with Crippen LogP contribution in [0, 0.1) is 5.92 Å². The molecule has 1 saturated carbocycles. The van der Waals surface area contributed by atoms with E-state index in [-0.39, 0.29) is 6.10 Å². The smallest absolute Gasteiger partial charge is 0.0791 e. The van der Waals surface area contributed by atoms with Crippen LogP contribution in [0.3, 0.4) is 0 Å². The fraction of sp³-hybridized carbons (Fsp3) is 1.00. The highest BCUT2D eigenvalue weighted by molar-refractivity contribution is 4.81. The summed E-state index contributed by atoms with van der Waals surface area (Å²) in [4.78, 5) is 2.03. The minimum absolute atomic E-state index is 0.241. The van der Waals surface area contributed by atoms with E-state index in [9.17, 15) is 5.11 Å². The fourth-order valence-corrected chi connectivity index (χ4v) is 2.74. The molecule has 0 aromatic heterocycles. The van der Waals surface area contributed by atoms with Crippen LogP contribution in [0.25, 0.3) is 0 Å².